The maximum absolute atomic E-state index is 11.0. The first-order chi connectivity index (χ1) is 8.25. The predicted molar refractivity (Wildman–Crippen MR) is 63.7 cm³/mol. The quantitative estimate of drug-likeness (QED) is 0.840. The van der Waals surface area contributed by atoms with Crippen LogP contribution in [0.25, 0.3) is 11.3 Å². The van der Waals surface area contributed by atoms with E-state index in [0.29, 0.717) is 11.7 Å². The van der Waals surface area contributed by atoms with Crippen molar-refractivity contribution in [3.8, 4) is 16.3 Å². The van der Waals surface area contributed by atoms with E-state index in [-0.39, 0.29) is 4.88 Å². The van der Waals surface area contributed by atoms with Crippen LogP contribution in [0.5, 0.6) is 5.06 Å². The van der Waals surface area contributed by atoms with Gasteiger partial charge in [0.25, 0.3) is 0 Å². The van der Waals surface area contributed by atoms with Crippen LogP contribution >= 0.6 is 11.3 Å². The Morgan fingerprint density at radius 2 is 2.41 bits per heavy atom. The first-order valence-corrected chi connectivity index (χ1v) is 6.01. The molecule has 2 aromatic heterocycles. The molecule has 2 aromatic rings. The molecule has 1 aliphatic rings. The second kappa shape index (κ2) is 3.85. The molecule has 0 atom stereocenters. The molecule has 0 spiro atoms. The van der Waals surface area contributed by atoms with Gasteiger partial charge in [0.05, 0.1) is 17.9 Å². The van der Waals surface area contributed by atoms with Crippen molar-refractivity contribution >= 4 is 17.3 Å². The highest BCUT2D eigenvalue weighted by Crippen LogP contribution is 2.40. The number of carbonyl (C=O) groups is 1. The molecule has 86 valence electrons. The number of nitrogens with zero attached hydrogens (tertiary/aromatic N) is 1. The number of aromatic carboxylic acids is 1. The Morgan fingerprint density at radius 1 is 1.53 bits per heavy atom. The summed E-state index contributed by atoms with van der Waals surface area (Å²) in [6, 6.07) is 5.52. The minimum atomic E-state index is -0.927. The molecular weight excluding hydrogens is 238 g/mol. The minimum absolute atomic E-state index is 0.286. The molecule has 0 bridgehead atoms. The Morgan fingerprint density at radius 3 is 3.24 bits per heavy atom. The van der Waals surface area contributed by atoms with Crippen LogP contribution in [0.1, 0.15) is 15.2 Å². The van der Waals surface area contributed by atoms with Gasteiger partial charge in [-0.3, -0.25) is 4.98 Å². The van der Waals surface area contributed by atoms with Crippen LogP contribution in [0.3, 0.4) is 0 Å². The third kappa shape index (κ3) is 1.68. The Balaban J connectivity index is 2.21. The Bertz CT molecular complexity index is 591. The molecule has 3 rings (SSSR count). The number of hydrogen-bond donors (Lipinski definition) is 1. The molecule has 0 unspecified atom stereocenters. The summed E-state index contributed by atoms with van der Waals surface area (Å²) in [6.45, 7) is 0.561. The number of aromatic nitrogens is 1. The highest BCUT2D eigenvalue weighted by molar-refractivity contribution is 7.16. The fourth-order valence-electron chi connectivity index (χ4n) is 1.89. The number of carboxylic acids is 1. The van der Waals surface area contributed by atoms with E-state index < -0.39 is 5.97 Å². The van der Waals surface area contributed by atoms with Crippen molar-refractivity contribution in [2.24, 2.45) is 0 Å². The first-order valence-electron chi connectivity index (χ1n) is 5.20. The Hall–Kier alpha value is -1.88. The number of fused-ring (bicyclic) bond motifs is 3. The van der Waals surface area contributed by atoms with Crippen LogP contribution in [0.2, 0.25) is 0 Å². The highest BCUT2D eigenvalue weighted by Gasteiger charge is 2.21. The molecule has 0 saturated heterocycles. The van der Waals surface area contributed by atoms with Crippen LogP contribution in [-0.4, -0.2) is 22.7 Å². The molecule has 0 fully saturated rings. The van der Waals surface area contributed by atoms with Crippen molar-refractivity contribution in [2.75, 3.05) is 6.61 Å². The van der Waals surface area contributed by atoms with Crippen LogP contribution in [0.15, 0.2) is 24.4 Å². The summed E-state index contributed by atoms with van der Waals surface area (Å²) in [6.07, 6.45) is 2.51. The molecule has 1 N–H and O–H groups in total. The van der Waals surface area contributed by atoms with E-state index in [2.05, 4.69) is 4.98 Å². The van der Waals surface area contributed by atoms with Crippen LogP contribution in [-0.2, 0) is 6.42 Å². The molecule has 0 amide bonds. The SMILES string of the molecule is O=C(O)c1cc2c(s1)OCCc1cccnc1-2. The lowest BCUT2D eigenvalue weighted by Crippen LogP contribution is -1.98. The van der Waals surface area contributed by atoms with Gasteiger partial charge >= 0.3 is 5.97 Å². The smallest absolute Gasteiger partial charge is 0.346 e. The fraction of sp³-hybridized carbons (Fsp3) is 0.167. The summed E-state index contributed by atoms with van der Waals surface area (Å²) in [5.41, 5.74) is 2.73. The molecule has 17 heavy (non-hydrogen) atoms. The number of carboxylic acid groups (broad SMARTS) is 1. The molecule has 0 radical (unpaired) electrons. The molecule has 4 nitrogen and oxygen atoms in total. The monoisotopic (exact) mass is 247 g/mol. The van der Waals surface area contributed by atoms with E-state index in [0.717, 1.165) is 34.6 Å². The number of thiophene rings is 1. The number of rotatable bonds is 1. The summed E-state index contributed by atoms with van der Waals surface area (Å²) in [7, 11) is 0. The summed E-state index contributed by atoms with van der Waals surface area (Å²) < 4.78 is 5.58. The molecule has 1 aliphatic heterocycles. The lowest BCUT2D eigenvalue weighted by Gasteiger charge is -2.01. The van der Waals surface area contributed by atoms with Crippen LogP contribution < -0.4 is 4.74 Å². The first kappa shape index (κ1) is 10.3. The molecule has 5 heteroatoms. The van der Waals surface area contributed by atoms with Gasteiger partial charge in [0.1, 0.15) is 4.88 Å². The van der Waals surface area contributed by atoms with E-state index in [4.69, 9.17) is 9.84 Å². The van der Waals surface area contributed by atoms with Gasteiger partial charge in [-0.1, -0.05) is 17.4 Å². The Kier molecular flexibility index (Phi) is 2.33. The Labute approximate surface area is 102 Å². The second-order valence-corrected chi connectivity index (χ2v) is 4.74. The van der Waals surface area contributed by atoms with Crippen molar-refractivity contribution in [3.63, 3.8) is 0 Å². The summed E-state index contributed by atoms with van der Waals surface area (Å²) in [4.78, 5) is 15.6. The minimum Gasteiger partial charge on any atom is -0.483 e. The third-order valence-corrected chi connectivity index (χ3v) is 3.70. The molecule has 0 aliphatic carbocycles. The molecule has 0 aromatic carbocycles. The van der Waals surface area contributed by atoms with E-state index in [1.54, 1.807) is 12.3 Å². The van der Waals surface area contributed by atoms with Crippen molar-refractivity contribution in [3.05, 3.63) is 34.8 Å². The van der Waals surface area contributed by atoms with Crippen molar-refractivity contribution in [1.29, 1.82) is 0 Å². The molecular formula is C12H9NO3S. The van der Waals surface area contributed by atoms with Crippen molar-refractivity contribution < 1.29 is 14.6 Å². The zero-order valence-corrected chi connectivity index (χ0v) is 9.66. The van der Waals surface area contributed by atoms with Gasteiger partial charge in [-0.15, -0.1) is 0 Å². The van der Waals surface area contributed by atoms with Gasteiger partial charge in [-0.2, -0.15) is 0 Å². The largest absolute Gasteiger partial charge is 0.483 e. The fourth-order valence-corrected chi connectivity index (χ4v) is 2.76. The normalized spacial score (nSPS) is 13.2. The molecule has 3 heterocycles. The second-order valence-electron chi connectivity index (χ2n) is 3.73. The van der Waals surface area contributed by atoms with Gasteiger partial charge in [-0.05, 0) is 17.7 Å². The van der Waals surface area contributed by atoms with Crippen LogP contribution in [0.4, 0.5) is 0 Å². The lowest BCUT2D eigenvalue weighted by atomic mass is 10.1. The molecule has 0 saturated carbocycles. The van der Waals surface area contributed by atoms with Gasteiger partial charge < -0.3 is 9.84 Å². The number of hydrogen-bond acceptors (Lipinski definition) is 4. The predicted octanol–water partition coefficient (Wildman–Crippen LogP) is 2.44. The van der Waals surface area contributed by atoms with Gasteiger partial charge in [-0.25, -0.2) is 4.79 Å². The van der Waals surface area contributed by atoms with Gasteiger partial charge in [0.15, 0.2) is 5.06 Å². The summed E-state index contributed by atoms with van der Waals surface area (Å²) >= 11 is 1.16. The van der Waals surface area contributed by atoms with E-state index in [1.165, 1.54) is 0 Å². The summed E-state index contributed by atoms with van der Waals surface area (Å²) in [5.74, 6) is -0.927. The van der Waals surface area contributed by atoms with Gasteiger partial charge in [0, 0.05) is 12.6 Å². The zero-order chi connectivity index (χ0) is 11.8. The maximum Gasteiger partial charge on any atom is 0.346 e. The van der Waals surface area contributed by atoms with Crippen molar-refractivity contribution in [2.45, 2.75) is 6.42 Å². The lowest BCUT2D eigenvalue weighted by molar-refractivity contribution is 0.0702. The number of ether oxygens (including phenoxy) is 1. The summed E-state index contributed by atoms with van der Waals surface area (Å²) in [5, 5.41) is 9.64. The highest BCUT2D eigenvalue weighted by atomic mass is 32.1. The average Bonchev–Trinajstić information content (AvgIpc) is 2.67. The standard InChI is InChI=1S/C12H9NO3S/c14-11(15)9-6-8-10-7(2-1-4-13-10)3-5-16-12(8)17-9/h1-2,4,6H,3,5H2,(H,14,15). The maximum atomic E-state index is 11.0. The van der Waals surface area contributed by atoms with E-state index >= 15 is 0 Å². The zero-order valence-electron chi connectivity index (χ0n) is 8.84. The van der Waals surface area contributed by atoms with E-state index in [1.807, 2.05) is 12.1 Å². The van der Waals surface area contributed by atoms with Gasteiger partial charge in [0.2, 0.25) is 0 Å². The number of pyridine rings is 1. The average molecular weight is 247 g/mol. The third-order valence-electron chi connectivity index (χ3n) is 2.66. The van der Waals surface area contributed by atoms with Crippen LogP contribution in [0, 0.1) is 0 Å². The van der Waals surface area contributed by atoms with E-state index in [9.17, 15) is 4.79 Å². The topological polar surface area (TPSA) is 59.4 Å². The van der Waals surface area contributed by atoms with Crippen molar-refractivity contribution in [1.82, 2.24) is 4.98 Å².